The van der Waals surface area contributed by atoms with Crippen molar-refractivity contribution in [1.82, 2.24) is 0 Å². The molecule has 0 aromatic heterocycles. The van der Waals surface area contributed by atoms with Crippen LogP contribution in [0, 0.1) is 5.92 Å². The molecule has 140 valence electrons. The second-order valence-corrected chi connectivity index (χ2v) is 18.4. The van der Waals surface area contributed by atoms with E-state index in [0.717, 1.165) is 26.1 Å². The van der Waals surface area contributed by atoms with E-state index < -0.39 is 25.7 Å². The third kappa shape index (κ3) is 12.5. The molecule has 0 aliphatic heterocycles. The number of hydrogen-bond donors (Lipinski definition) is 0. The summed E-state index contributed by atoms with van der Waals surface area (Å²) in [5, 5.41) is 0. The summed E-state index contributed by atoms with van der Waals surface area (Å²) in [5.74, 6) is 0.573. The quantitative estimate of drug-likeness (QED) is 0.317. The molecule has 0 fully saturated rings. The van der Waals surface area contributed by atoms with E-state index in [1.807, 2.05) is 0 Å². The molecule has 23 heavy (non-hydrogen) atoms. The van der Waals surface area contributed by atoms with E-state index in [9.17, 15) is 0 Å². The second kappa shape index (κ2) is 10.5. The summed E-state index contributed by atoms with van der Waals surface area (Å²) < 4.78 is 24.9. The minimum atomic E-state index is -2.25. The topological polar surface area (TPSA) is 36.9 Å². The number of unbranched alkanes of at least 4 members (excludes halogenated alkanes) is 2. The summed E-state index contributed by atoms with van der Waals surface area (Å²) in [7, 11) is -6.55. The zero-order valence-electron chi connectivity index (χ0n) is 17.0. The lowest BCUT2D eigenvalue weighted by Gasteiger charge is -2.37. The number of hydrogen-bond acceptors (Lipinski definition) is 4. The van der Waals surface area contributed by atoms with Crippen molar-refractivity contribution in [1.29, 1.82) is 0 Å². The van der Waals surface area contributed by atoms with Crippen molar-refractivity contribution in [2.75, 3.05) is 13.2 Å². The maximum absolute atomic E-state index is 6.37. The van der Waals surface area contributed by atoms with Gasteiger partial charge in [-0.15, -0.1) is 0 Å². The van der Waals surface area contributed by atoms with Crippen LogP contribution >= 0.6 is 0 Å². The van der Waals surface area contributed by atoms with Crippen LogP contribution in [0.3, 0.4) is 0 Å². The molecule has 0 aliphatic rings. The highest BCUT2D eigenvalue weighted by atomic mass is 28.5. The molecule has 0 aliphatic carbocycles. The van der Waals surface area contributed by atoms with Crippen molar-refractivity contribution >= 4 is 25.7 Å². The average Bonchev–Trinajstić information content (AvgIpc) is 2.38. The first kappa shape index (κ1) is 23.5. The Morgan fingerprint density at radius 2 is 1.26 bits per heavy atom. The predicted molar refractivity (Wildman–Crippen MR) is 106 cm³/mol. The molecular weight excluding hydrogens is 340 g/mol. The Hall–Kier alpha value is 0.491. The molecule has 0 bridgehead atoms. The monoisotopic (exact) mass is 380 g/mol. The van der Waals surface area contributed by atoms with Gasteiger partial charge in [0.25, 0.3) is 0 Å². The van der Waals surface area contributed by atoms with Gasteiger partial charge in [0.05, 0.1) is 0 Å². The second-order valence-electron chi connectivity index (χ2n) is 7.78. The van der Waals surface area contributed by atoms with Gasteiger partial charge in [-0.1, -0.05) is 40.0 Å². The predicted octanol–water partition coefficient (Wildman–Crippen LogP) is 5.39. The van der Waals surface area contributed by atoms with Crippen LogP contribution in [0.5, 0.6) is 0 Å². The Balaban J connectivity index is 4.42. The molecule has 0 spiro atoms. The smallest absolute Gasteiger partial charge is 0.322 e. The fourth-order valence-electron chi connectivity index (χ4n) is 2.39. The molecule has 0 heterocycles. The van der Waals surface area contributed by atoms with Gasteiger partial charge >= 0.3 is 25.7 Å². The van der Waals surface area contributed by atoms with E-state index >= 15 is 0 Å². The molecule has 7 heteroatoms. The molecule has 0 saturated carbocycles. The molecule has 1 unspecified atom stereocenters. The van der Waals surface area contributed by atoms with Crippen molar-refractivity contribution in [3.05, 3.63) is 0 Å². The summed E-state index contributed by atoms with van der Waals surface area (Å²) >= 11 is 0. The van der Waals surface area contributed by atoms with Gasteiger partial charge in [-0.25, -0.2) is 0 Å². The van der Waals surface area contributed by atoms with E-state index in [-0.39, 0.29) is 0 Å². The van der Waals surface area contributed by atoms with Gasteiger partial charge < -0.3 is 17.1 Å². The zero-order chi connectivity index (χ0) is 18.1. The fraction of sp³-hybridized carbons (Fsp3) is 1.00. The fourth-order valence-corrected chi connectivity index (χ4v) is 14.2. The van der Waals surface area contributed by atoms with E-state index in [1.165, 1.54) is 12.8 Å². The largest absolute Gasteiger partial charge is 0.415 e. The lowest BCUT2D eigenvalue weighted by Crippen LogP contribution is -2.54. The third-order valence-electron chi connectivity index (χ3n) is 3.59. The molecule has 0 aromatic rings. The summed E-state index contributed by atoms with van der Waals surface area (Å²) in [4.78, 5) is 0. The van der Waals surface area contributed by atoms with Crippen LogP contribution in [0.4, 0.5) is 0 Å². The summed E-state index contributed by atoms with van der Waals surface area (Å²) in [6, 6.07) is 0. The Kier molecular flexibility index (Phi) is 10.7. The van der Waals surface area contributed by atoms with E-state index in [0.29, 0.717) is 5.92 Å². The standard InChI is InChI=1S/C16H40O4Si3/c1-10-12-13-14-17-21(4,5)19-23(8,9)20-22(6,7)18-15-16(3)11-2/h16H,10-15H2,1-9H3. The van der Waals surface area contributed by atoms with Crippen molar-refractivity contribution in [3.63, 3.8) is 0 Å². The Bertz CT molecular complexity index is 322. The Morgan fingerprint density at radius 1 is 0.739 bits per heavy atom. The van der Waals surface area contributed by atoms with Crippen LogP contribution in [-0.2, 0) is 17.1 Å². The van der Waals surface area contributed by atoms with E-state index in [4.69, 9.17) is 17.1 Å². The molecule has 0 saturated heterocycles. The molecule has 4 nitrogen and oxygen atoms in total. The first-order chi connectivity index (χ1) is 10.4. The van der Waals surface area contributed by atoms with Crippen LogP contribution < -0.4 is 0 Å². The highest BCUT2D eigenvalue weighted by Gasteiger charge is 2.41. The summed E-state index contributed by atoms with van der Waals surface area (Å²) in [5.41, 5.74) is 0. The molecule has 0 radical (unpaired) electrons. The van der Waals surface area contributed by atoms with Crippen LogP contribution in [0.1, 0.15) is 46.5 Å². The minimum absolute atomic E-state index is 0.573. The normalized spacial score (nSPS) is 15.0. The maximum atomic E-state index is 6.37. The van der Waals surface area contributed by atoms with Gasteiger partial charge in [0.15, 0.2) is 0 Å². The van der Waals surface area contributed by atoms with E-state index in [2.05, 4.69) is 60.1 Å². The lowest BCUT2D eigenvalue weighted by atomic mass is 10.1. The van der Waals surface area contributed by atoms with Gasteiger partial charge in [-0.05, 0) is 51.6 Å². The highest BCUT2D eigenvalue weighted by molar-refractivity contribution is 6.84. The van der Waals surface area contributed by atoms with Gasteiger partial charge in [-0.3, -0.25) is 0 Å². The molecule has 0 amide bonds. The maximum Gasteiger partial charge on any atom is 0.322 e. The molecular formula is C16H40O4Si3. The van der Waals surface area contributed by atoms with Crippen LogP contribution in [0.2, 0.25) is 39.3 Å². The van der Waals surface area contributed by atoms with Gasteiger partial charge in [0.2, 0.25) is 0 Å². The highest BCUT2D eigenvalue weighted by Crippen LogP contribution is 2.22. The van der Waals surface area contributed by atoms with Gasteiger partial charge in [-0.2, -0.15) is 0 Å². The lowest BCUT2D eigenvalue weighted by molar-refractivity contribution is 0.183. The van der Waals surface area contributed by atoms with Crippen LogP contribution in [0.25, 0.3) is 0 Å². The zero-order valence-corrected chi connectivity index (χ0v) is 20.0. The molecule has 1 atom stereocenters. The molecule has 0 N–H and O–H groups in total. The van der Waals surface area contributed by atoms with Crippen molar-refractivity contribution in [2.24, 2.45) is 5.92 Å². The SMILES string of the molecule is CCCCCO[Si](C)(C)O[Si](C)(C)O[Si](C)(C)OCC(C)CC. The van der Waals surface area contributed by atoms with Crippen molar-refractivity contribution in [2.45, 2.75) is 85.7 Å². The minimum Gasteiger partial charge on any atom is -0.415 e. The van der Waals surface area contributed by atoms with Gasteiger partial charge in [0, 0.05) is 13.2 Å². The Morgan fingerprint density at radius 3 is 1.74 bits per heavy atom. The number of rotatable bonds is 13. The van der Waals surface area contributed by atoms with E-state index in [1.54, 1.807) is 0 Å². The van der Waals surface area contributed by atoms with Crippen LogP contribution in [0.15, 0.2) is 0 Å². The third-order valence-corrected chi connectivity index (χ3v) is 13.2. The van der Waals surface area contributed by atoms with Crippen molar-refractivity contribution in [3.8, 4) is 0 Å². The van der Waals surface area contributed by atoms with Crippen LogP contribution in [-0.4, -0.2) is 38.9 Å². The first-order valence-corrected chi connectivity index (χ1v) is 17.6. The molecule has 0 rings (SSSR count). The average molecular weight is 381 g/mol. The van der Waals surface area contributed by atoms with Gasteiger partial charge in [0.1, 0.15) is 0 Å². The Labute approximate surface area is 148 Å². The summed E-state index contributed by atoms with van der Waals surface area (Å²) in [6.45, 7) is 20.9. The first-order valence-electron chi connectivity index (χ1n) is 9.11. The van der Waals surface area contributed by atoms with Crippen molar-refractivity contribution < 1.29 is 17.1 Å². The molecule has 0 aromatic carbocycles. The summed E-state index contributed by atoms with van der Waals surface area (Å²) in [6.07, 6.45) is 4.67.